The molecule has 0 amide bonds. The molecule has 2 nitrogen and oxygen atoms in total. The first-order valence-electron chi connectivity index (χ1n) is 13.8. The molecular weight excluding hydrogens is 392 g/mol. The topological polar surface area (TPSA) is 40.5 Å². The van der Waals surface area contributed by atoms with Crippen LogP contribution in [0.15, 0.2) is 11.6 Å². The number of fused-ring (bicyclic) bond motifs is 7. The van der Waals surface area contributed by atoms with Crippen molar-refractivity contribution in [2.75, 3.05) is 0 Å². The highest BCUT2D eigenvalue weighted by Crippen LogP contribution is 2.75. The molecule has 0 saturated heterocycles. The molecule has 0 bridgehead atoms. The molecule has 2 N–H and O–H groups in total. The smallest absolute Gasteiger partial charge is 0.0608 e. The third kappa shape index (κ3) is 2.61. The van der Waals surface area contributed by atoms with Gasteiger partial charge in [0.1, 0.15) is 0 Å². The van der Waals surface area contributed by atoms with E-state index in [0.717, 1.165) is 25.2 Å². The van der Waals surface area contributed by atoms with Crippen LogP contribution in [0.3, 0.4) is 0 Å². The van der Waals surface area contributed by atoms with Gasteiger partial charge in [-0.15, -0.1) is 0 Å². The first-order chi connectivity index (χ1) is 14.7. The third-order valence-electron chi connectivity index (χ3n) is 13.5. The first kappa shape index (κ1) is 23.4. The van der Waals surface area contributed by atoms with Gasteiger partial charge in [0.15, 0.2) is 0 Å². The van der Waals surface area contributed by atoms with Gasteiger partial charge in [-0.2, -0.15) is 0 Å². The van der Waals surface area contributed by atoms with Crippen molar-refractivity contribution in [1.29, 1.82) is 0 Å². The van der Waals surface area contributed by atoms with Gasteiger partial charge in [0.2, 0.25) is 0 Å². The van der Waals surface area contributed by atoms with E-state index in [4.69, 9.17) is 0 Å². The molecule has 0 aromatic carbocycles. The van der Waals surface area contributed by atoms with Crippen LogP contribution < -0.4 is 0 Å². The Morgan fingerprint density at radius 3 is 2.12 bits per heavy atom. The first-order valence-corrected chi connectivity index (χ1v) is 13.8. The summed E-state index contributed by atoms with van der Waals surface area (Å²) in [4.78, 5) is 0. The Morgan fingerprint density at radius 1 is 0.781 bits per heavy atom. The SMILES string of the molecule is C[C@H]1[C@H](C)CC[C@@]2(C)[C@@H]1C1=CC[C@H]3[C@@]4(C)CC[C@H](O)C(C)(C)[C@H]4CC[C@@]3(C)[C@]1(C)C[C@@H]2O. The molecule has 0 spiro atoms. The molecule has 182 valence electrons. The molecule has 0 radical (unpaired) electrons. The summed E-state index contributed by atoms with van der Waals surface area (Å²) in [6.07, 6.45) is 11.4. The van der Waals surface area contributed by atoms with Crippen LogP contribution in [0.5, 0.6) is 0 Å². The molecule has 0 heterocycles. The van der Waals surface area contributed by atoms with Crippen molar-refractivity contribution in [2.24, 2.45) is 56.7 Å². The van der Waals surface area contributed by atoms with Crippen LogP contribution in [0.1, 0.15) is 107 Å². The summed E-state index contributed by atoms with van der Waals surface area (Å²) in [5.41, 5.74) is 2.34. The highest BCUT2D eigenvalue weighted by atomic mass is 16.3. The fourth-order valence-electron chi connectivity index (χ4n) is 10.9. The van der Waals surface area contributed by atoms with Gasteiger partial charge in [0.05, 0.1) is 12.2 Å². The van der Waals surface area contributed by atoms with Crippen molar-refractivity contribution in [3.8, 4) is 0 Å². The summed E-state index contributed by atoms with van der Waals surface area (Å²) < 4.78 is 0. The summed E-state index contributed by atoms with van der Waals surface area (Å²) in [5.74, 6) is 3.13. The average Bonchev–Trinajstić information content (AvgIpc) is 2.70. The van der Waals surface area contributed by atoms with Crippen molar-refractivity contribution in [3.63, 3.8) is 0 Å². The zero-order valence-corrected chi connectivity index (χ0v) is 22.2. The van der Waals surface area contributed by atoms with Crippen molar-refractivity contribution in [3.05, 3.63) is 11.6 Å². The molecule has 0 aromatic rings. The molecule has 2 heteroatoms. The Labute approximate surface area is 197 Å². The summed E-state index contributed by atoms with van der Waals surface area (Å²) >= 11 is 0. The normalized spacial score (nSPS) is 59.2. The van der Waals surface area contributed by atoms with E-state index >= 15 is 0 Å². The number of allylic oxidation sites excluding steroid dienone is 2. The van der Waals surface area contributed by atoms with Gasteiger partial charge in [0.25, 0.3) is 0 Å². The lowest BCUT2D eigenvalue weighted by Gasteiger charge is -2.72. The van der Waals surface area contributed by atoms with Gasteiger partial charge < -0.3 is 10.2 Å². The number of aliphatic hydroxyl groups excluding tert-OH is 2. The predicted molar refractivity (Wildman–Crippen MR) is 132 cm³/mol. The maximum Gasteiger partial charge on any atom is 0.0608 e. The van der Waals surface area contributed by atoms with Crippen molar-refractivity contribution >= 4 is 0 Å². The van der Waals surface area contributed by atoms with Crippen LogP contribution in [0.2, 0.25) is 0 Å². The largest absolute Gasteiger partial charge is 0.393 e. The van der Waals surface area contributed by atoms with Gasteiger partial charge in [-0.3, -0.25) is 0 Å². The Bertz CT molecular complexity index is 814. The molecule has 5 aliphatic rings. The molecule has 0 unspecified atom stereocenters. The third-order valence-corrected chi connectivity index (χ3v) is 13.5. The van der Waals surface area contributed by atoms with Crippen LogP contribution in [-0.4, -0.2) is 22.4 Å². The zero-order valence-electron chi connectivity index (χ0n) is 22.2. The van der Waals surface area contributed by atoms with Crippen LogP contribution in [-0.2, 0) is 0 Å². The van der Waals surface area contributed by atoms with E-state index in [1.807, 2.05) is 0 Å². The van der Waals surface area contributed by atoms with Crippen LogP contribution in [0.4, 0.5) is 0 Å². The fourth-order valence-corrected chi connectivity index (χ4v) is 10.9. The number of hydrogen-bond acceptors (Lipinski definition) is 2. The van der Waals surface area contributed by atoms with E-state index in [2.05, 4.69) is 61.5 Å². The van der Waals surface area contributed by atoms with Crippen LogP contribution in [0.25, 0.3) is 0 Å². The summed E-state index contributed by atoms with van der Waals surface area (Å²) in [5, 5.41) is 22.6. The van der Waals surface area contributed by atoms with Gasteiger partial charge >= 0.3 is 0 Å². The number of aliphatic hydroxyl groups is 2. The van der Waals surface area contributed by atoms with E-state index in [9.17, 15) is 10.2 Å². The van der Waals surface area contributed by atoms with Gasteiger partial charge in [-0.1, -0.05) is 67.0 Å². The minimum Gasteiger partial charge on any atom is -0.393 e. The molecule has 32 heavy (non-hydrogen) atoms. The summed E-state index contributed by atoms with van der Waals surface area (Å²) in [6.45, 7) is 19.7. The number of rotatable bonds is 0. The minimum atomic E-state index is -0.199. The van der Waals surface area contributed by atoms with E-state index in [1.54, 1.807) is 5.57 Å². The second kappa shape index (κ2) is 6.87. The van der Waals surface area contributed by atoms with Gasteiger partial charge in [-0.25, -0.2) is 0 Å². The van der Waals surface area contributed by atoms with E-state index < -0.39 is 0 Å². The maximum absolute atomic E-state index is 11.7. The Balaban J connectivity index is 1.61. The summed E-state index contributed by atoms with van der Waals surface area (Å²) in [6, 6.07) is 0. The minimum absolute atomic E-state index is 0.00278. The lowest BCUT2D eigenvalue weighted by atomic mass is 9.33. The van der Waals surface area contributed by atoms with Gasteiger partial charge in [-0.05, 0) is 103 Å². The Hall–Kier alpha value is -0.340. The second-order valence-corrected chi connectivity index (χ2v) is 14.7. The van der Waals surface area contributed by atoms with Crippen molar-refractivity contribution in [1.82, 2.24) is 0 Å². The lowest BCUT2D eigenvalue weighted by molar-refractivity contribution is -0.215. The average molecular weight is 443 g/mol. The molecular formula is C30H50O2. The molecule has 5 aliphatic carbocycles. The quantitative estimate of drug-likeness (QED) is 0.397. The standard InChI is InChI=1S/C30H50O2/c1-18-11-14-28(6)24(32)17-30(8)20(25(28)19(18)2)9-10-22-27(5)15-13-23(31)26(3,4)21(27)12-16-29(22,30)7/h9,18-19,21-25,31-32H,10-17H2,1-8H3/t18-,19+,21-,22+,23+,24+,25+,27+,28-,29-,30-/m1/s1. The molecule has 5 rings (SSSR count). The molecule has 4 saturated carbocycles. The molecule has 4 fully saturated rings. The number of hydrogen-bond donors (Lipinski definition) is 2. The van der Waals surface area contributed by atoms with E-state index in [-0.39, 0.29) is 39.3 Å². The molecule has 0 aromatic heterocycles. The van der Waals surface area contributed by atoms with Crippen LogP contribution in [0, 0.1) is 56.7 Å². The maximum atomic E-state index is 11.7. The van der Waals surface area contributed by atoms with Crippen molar-refractivity contribution in [2.45, 2.75) is 119 Å². The Morgan fingerprint density at radius 2 is 1.44 bits per heavy atom. The van der Waals surface area contributed by atoms with E-state index in [1.165, 1.54) is 32.1 Å². The zero-order chi connectivity index (χ0) is 23.5. The lowest BCUT2D eigenvalue weighted by Crippen LogP contribution is -2.66. The summed E-state index contributed by atoms with van der Waals surface area (Å²) in [7, 11) is 0. The highest BCUT2D eigenvalue weighted by Gasteiger charge is 2.69. The highest BCUT2D eigenvalue weighted by molar-refractivity contribution is 5.35. The molecule has 0 aliphatic heterocycles. The molecule has 11 atom stereocenters. The van der Waals surface area contributed by atoms with E-state index in [0.29, 0.717) is 23.7 Å². The van der Waals surface area contributed by atoms with Gasteiger partial charge in [0, 0.05) is 5.41 Å². The van der Waals surface area contributed by atoms with Crippen molar-refractivity contribution < 1.29 is 10.2 Å². The predicted octanol–water partition coefficient (Wildman–Crippen LogP) is 7.00. The second-order valence-electron chi connectivity index (χ2n) is 14.7. The monoisotopic (exact) mass is 442 g/mol. The Kier molecular flexibility index (Phi) is 5.02. The van der Waals surface area contributed by atoms with Crippen LogP contribution >= 0.6 is 0 Å². The fraction of sp³-hybridized carbons (Fsp3) is 0.933.